The van der Waals surface area contributed by atoms with Gasteiger partial charge in [-0.2, -0.15) is 0 Å². The molecule has 0 fully saturated rings. The fourth-order valence-electron chi connectivity index (χ4n) is 0.899. The lowest BCUT2D eigenvalue weighted by molar-refractivity contribution is 0.217. The third kappa shape index (κ3) is 3.69. The number of rotatable bonds is 3. The van der Waals surface area contributed by atoms with Gasteiger partial charge in [0.25, 0.3) is 0 Å². The third-order valence-corrected chi connectivity index (χ3v) is 1.66. The Morgan fingerprint density at radius 2 is 1.06 bits per heavy atom. The molecule has 0 aliphatic heterocycles. The second-order valence-corrected chi connectivity index (χ2v) is 2.75. The zero-order chi connectivity index (χ0) is 12.9. The summed E-state index contributed by atoms with van der Waals surface area (Å²) < 4.78 is 0. The van der Waals surface area contributed by atoms with Crippen molar-refractivity contribution in [2.75, 3.05) is 13.1 Å². The van der Waals surface area contributed by atoms with Gasteiger partial charge in [0.05, 0.1) is 0 Å². The van der Waals surface area contributed by atoms with Crippen LogP contribution in [0.4, 0.5) is 9.59 Å². The normalized spacial score (nSPS) is 9.25. The third-order valence-electron chi connectivity index (χ3n) is 1.66. The molecule has 0 aromatic carbocycles. The van der Waals surface area contributed by atoms with Crippen molar-refractivity contribution in [3.63, 3.8) is 0 Å². The molecular weight excluding hydrogens is 216 g/mol. The molecule has 0 aromatic heterocycles. The average molecular weight is 230 g/mol. The molecule has 0 atom stereocenters. The summed E-state index contributed by atoms with van der Waals surface area (Å²) in [6.45, 7) is -0.347. The van der Waals surface area contributed by atoms with Crippen LogP contribution >= 0.6 is 0 Å². The van der Waals surface area contributed by atoms with Gasteiger partial charge in [-0.05, 0) is 0 Å². The molecule has 0 radical (unpaired) electrons. The quantitative estimate of drug-likeness (QED) is 0.231. The summed E-state index contributed by atoms with van der Waals surface area (Å²) in [5.41, 5.74) is 20.0. The Balaban J connectivity index is 4.50. The number of carbonyl (C=O) groups is 2. The number of hydrogen-bond donors (Lipinski definition) is 6. The van der Waals surface area contributed by atoms with Crippen LogP contribution in [-0.4, -0.2) is 46.9 Å². The van der Waals surface area contributed by atoms with E-state index in [1.165, 1.54) is 0 Å². The van der Waals surface area contributed by atoms with Crippen molar-refractivity contribution in [1.82, 2.24) is 9.80 Å². The van der Waals surface area contributed by atoms with E-state index in [-0.39, 0.29) is 13.1 Å². The van der Waals surface area contributed by atoms with Gasteiger partial charge in [0.2, 0.25) is 0 Å². The molecule has 0 aromatic rings. The molecule has 90 valence electrons. The lowest BCUT2D eigenvalue weighted by atomic mass is 10.5. The first-order valence-corrected chi connectivity index (χ1v) is 4.09. The van der Waals surface area contributed by atoms with Gasteiger partial charge in [-0.15, -0.1) is 0 Å². The minimum atomic E-state index is -0.944. The van der Waals surface area contributed by atoms with Gasteiger partial charge < -0.3 is 22.9 Å². The predicted octanol–water partition coefficient (Wildman–Crippen LogP) is -2.47. The first kappa shape index (κ1) is 13.5. The summed E-state index contributed by atoms with van der Waals surface area (Å²) in [5, 5.41) is 14.0. The molecule has 0 bridgehead atoms. The van der Waals surface area contributed by atoms with Crippen molar-refractivity contribution in [2.45, 2.75) is 0 Å². The van der Waals surface area contributed by atoms with Crippen LogP contribution in [0.1, 0.15) is 0 Å². The highest BCUT2D eigenvalue weighted by atomic mass is 16.2. The Morgan fingerprint density at radius 3 is 1.19 bits per heavy atom. The van der Waals surface area contributed by atoms with Crippen molar-refractivity contribution >= 4 is 24.0 Å². The van der Waals surface area contributed by atoms with Gasteiger partial charge in [0.1, 0.15) is 0 Å². The largest absolute Gasteiger partial charge is 0.370 e. The van der Waals surface area contributed by atoms with E-state index in [1.807, 2.05) is 0 Å². The van der Waals surface area contributed by atoms with E-state index in [4.69, 9.17) is 33.8 Å². The van der Waals surface area contributed by atoms with Crippen molar-refractivity contribution in [1.29, 1.82) is 10.8 Å². The summed E-state index contributed by atoms with van der Waals surface area (Å²) in [6, 6.07) is -1.89. The first-order valence-electron chi connectivity index (χ1n) is 4.09. The molecule has 0 saturated carbocycles. The van der Waals surface area contributed by atoms with Crippen molar-refractivity contribution in [3.8, 4) is 0 Å². The Hall–Kier alpha value is -2.52. The van der Waals surface area contributed by atoms with Gasteiger partial charge in [0, 0.05) is 13.1 Å². The van der Waals surface area contributed by atoms with Gasteiger partial charge in [-0.1, -0.05) is 0 Å². The lowest BCUT2D eigenvalue weighted by Gasteiger charge is -2.23. The number of urea groups is 2. The molecule has 4 amide bonds. The molecular formula is C6H14N8O2. The number of carbonyl (C=O) groups excluding carboxylic acids is 2. The smallest absolute Gasteiger partial charge is 0.321 e. The maximum Gasteiger partial charge on any atom is 0.321 e. The van der Waals surface area contributed by atoms with Gasteiger partial charge in [-0.3, -0.25) is 20.6 Å². The van der Waals surface area contributed by atoms with Gasteiger partial charge >= 0.3 is 12.1 Å². The van der Waals surface area contributed by atoms with Crippen LogP contribution in [0.25, 0.3) is 0 Å². The molecule has 0 rings (SSSR count). The lowest BCUT2D eigenvalue weighted by Crippen LogP contribution is -2.52. The minimum Gasteiger partial charge on any atom is -0.370 e. The van der Waals surface area contributed by atoms with Crippen LogP contribution in [0.5, 0.6) is 0 Å². The summed E-state index contributed by atoms with van der Waals surface area (Å²) in [4.78, 5) is 23.0. The molecule has 0 aliphatic rings. The fourth-order valence-corrected chi connectivity index (χ4v) is 0.899. The van der Waals surface area contributed by atoms with E-state index in [1.54, 1.807) is 0 Å². The zero-order valence-corrected chi connectivity index (χ0v) is 8.43. The SMILES string of the molecule is N=C(N)N(CCN(C(=N)N)C(N)=O)C(N)=O. The Labute approximate surface area is 91.1 Å². The topological polar surface area (TPSA) is 192 Å². The van der Waals surface area contributed by atoms with Crippen LogP contribution in [0, 0.1) is 10.8 Å². The van der Waals surface area contributed by atoms with Crippen LogP contribution in [0.2, 0.25) is 0 Å². The summed E-state index contributed by atoms with van der Waals surface area (Å²) in [6.07, 6.45) is 0. The molecule has 16 heavy (non-hydrogen) atoms. The Morgan fingerprint density at radius 1 is 0.812 bits per heavy atom. The number of hydrogen-bond acceptors (Lipinski definition) is 4. The van der Waals surface area contributed by atoms with E-state index in [0.29, 0.717) is 9.80 Å². The molecule has 10 heteroatoms. The average Bonchev–Trinajstić information content (AvgIpc) is 2.09. The van der Waals surface area contributed by atoms with E-state index in [0.717, 1.165) is 0 Å². The molecule has 0 saturated heterocycles. The molecule has 0 unspecified atom stereocenters. The second kappa shape index (κ2) is 5.38. The molecule has 0 spiro atoms. The fraction of sp³-hybridized carbons (Fsp3) is 0.333. The Bertz CT molecular complexity index is 266. The molecule has 10 N–H and O–H groups in total. The number of nitrogens with one attached hydrogen (secondary N) is 2. The van der Waals surface area contributed by atoms with Crippen molar-refractivity contribution < 1.29 is 9.59 Å². The second-order valence-electron chi connectivity index (χ2n) is 2.75. The van der Waals surface area contributed by atoms with Gasteiger partial charge in [0.15, 0.2) is 11.9 Å². The monoisotopic (exact) mass is 230 g/mol. The molecule has 10 nitrogen and oxygen atoms in total. The zero-order valence-electron chi connectivity index (χ0n) is 8.43. The highest BCUT2D eigenvalue weighted by Crippen LogP contribution is 1.91. The van der Waals surface area contributed by atoms with Crippen molar-refractivity contribution in [2.24, 2.45) is 22.9 Å². The first-order chi connectivity index (χ1) is 7.27. The minimum absolute atomic E-state index is 0.173. The van der Waals surface area contributed by atoms with Crippen LogP contribution in [-0.2, 0) is 0 Å². The van der Waals surface area contributed by atoms with E-state index >= 15 is 0 Å². The standard InChI is InChI=1S/C6H14N8O2/c7-3(8)13(5(11)15)1-2-14(4(9)10)6(12)16/h1-2H2,(H3,7,8)(H3,9,10)(H2,11,15)(H2,12,16). The van der Waals surface area contributed by atoms with E-state index in [9.17, 15) is 9.59 Å². The summed E-state index contributed by atoms with van der Waals surface area (Å²) >= 11 is 0. The highest BCUT2D eigenvalue weighted by Gasteiger charge is 2.18. The Kier molecular flexibility index (Phi) is 4.54. The maximum atomic E-state index is 10.8. The predicted molar refractivity (Wildman–Crippen MR) is 56.4 cm³/mol. The number of guanidine groups is 2. The number of nitrogens with zero attached hydrogens (tertiary/aromatic N) is 2. The summed E-state index contributed by atoms with van der Waals surface area (Å²) in [7, 11) is 0. The van der Waals surface area contributed by atoms with E-state index in [2.05, 4.69) is 0 Å². The van der Waals surface area contributed by atoms with Crippen LogP contribution < -0.4 is 22.9 Å². The van der Waals surface area contributed by atoms with Gasteiger partial charge in [-0.25, -0.2) is 9.59 Å². The molecule has 0 heterocycles. The van der Waals surface area contributed by atoms with Crippen LogP contribution in [0.15, 0.2) is 0 Å². The maximum absolute atomic E-state index is 10.8. The number of nitrogens with two attached hydrogens (primary N) is 4. The van der Waals surface area contributed by atoms with Crippen LogP contribution in [0.3, 0.4) is 0 Å². The highest BCUT2D eigenvalue weighted by molar-refractivity contribution is 5.94. The van der Waals surface area contributed by atoms with E-state index < -0.39 is 24.0 Å². The van der Waals surface area contributed by atoms with Crippen molar-refractivity contribution in [3.05, 3.63) is 0 Å². The number of amides is 4. The number of primary amides is 2. The molecule has 0 aliphatic carbocycles. The summed E-state index contributed by atoms with van der Waals surface area (Å²) in [5.74, 6) is -1.14.